The molecule has 0 heterocycles. The Morgan fingerprint density at radius 1 is 0.731 bits per heavy atom. The molecule has 0 atom stereocenters. The van der Waals surface area contributed by atoms with Gasteiger partial charge in [-0.05, 0) is 47.0 Å². The predicted octanol–water partition coefficient (Wildman–Crippen LogP) is 8.94. The number of hydrogen-bond donors (Lipinski definition) is 0. The van der Waals surface area contributed by atoms with Crippen LogP contribution in [0.15, 0.2) is 30.3 Å². The van der Waals surface area contributed by atoms with Crippen molar-refractivity contribution in [3.8, 4) is 0 Å². The molecular formula is C26H48. The lowest BCUT2D eigenvalue weighted by atomic mass is 9.88. The van der Waals surface area contributed by atoms with Gasteiger partial charge in [0, 0.05) is 0 Å². The van der Waals surface area contributed by atoms with Gasteiger partial charge in [0.05, 0.1) is 0 Å². The molecule has 152 valence electrons. The minimum Gasteiger partial charge on any atom is -0.0654 e. The lowest BCUT2D eigenvalue weighted by Gasteiger charge is -2.17. The van der Waals surface area contributed by atoms with Gasteiger partial charge in [-0.1, -0.05) is 119 Å². The molecule has 0 aromatic heterocycles. The molecule has 1 aliphatic carbocycles. The monoisotopic (exact) mass is 360 g/mol. The van der Waals surface area contributed by atoms with Crippen LogP contribution in [-0.4, -0.2) is 0 Å². The number of rotatable bonds is 3. The van der Waals surface area contributed by atoms with E-state index in [9.17, 15) is 0 Å². The Bertz CT molecular complexity index is 444. The van der Waals surface area contributed by atoms with Gasteiger partial charge < -0.3 is 0 Å². The van der Waals surface area contributed by atoms with Gasteiger partial charge in [0.1, 0.15) is 0 Å². The largest absolute Gasteiger partial charge is 0.0654 e. The second-order valence-electron chi connectivity index (χ2n) is 11.7. The van der Waals surface area contributed by atoms with Crippen molar-refractivity contribution >= 4 is 0 Å². The third-order valence-electron chi connectivity index (χ3n) is 4.18. The van der Waals surface area contributed by atoms with E-state index in [4.69, 9.17) is 0 Å². The standard InChI is InChI=1S/C11H16.C8H16.C7H16/c1-11(2,3)9-10-7-5-4-6-8-10;1-8(2,3)6-7-4-5-7;1-5-6-7(2,3)4/h4-8H,9H2,1-3H3;7H,4-6H2,1-3H3;5-6H2,1-4H3. The molecule has 0 heteroatoms. The Labute approximate surface area is 166 Å². The molecule has 2 rings (SSSR count). The van der Waals surface area contributed by atoms with Gasteiger partial charge >= 0.3 is 0 Å². The van der Waals surface area contributed by atoms with Crippen LogP contribution < -0.4 is 0 Å². The molecule has 0 bridgehead atoms. The van der Waals surface area contributed by atoms with Crippen LogP contribution in [0.1, 0.15) is 107 Å². The maximum absolute atomic E-state index is 2.32. The van der Waals surface area contributed by atoms with Crippen molar-refractivity contribution in [1.82, 2.24) is 0 Å². The molecule has 0 nitrogen and oxygen atoms in total. The molecule has 1 fully saturated rings. The summed E-state index contributed by atoms with van der Waals surface area (Å²) in [6.07, 6.45) is 8.24. The number of hydrogen-bond acceptors (Lipinski definition) is 0. The average molecular weight is 361 g/mol. The van der Waals surface area contributed by atoms with Crippen LogP contribution in [0.2, 0.25) is 0 Å². The summed E-state index contributed by atoms with van der Waals surface area (Å²) >= 11 is 0. The predicted molar refractivity (Wildman–Crippen MR) is 121 cm³/mol. The van der Waals surface area contributed by atoms with E-state index in [1.165, 1.54) is 37.7 Å². The average Bonchev–Trinajstić information content (AvgIpc) is 3.19. The lowest BCUT2D eigenvalue weighted by Crippen LogP contribution is -2.08. The molecule has 0 spiro atoms. The van der Waals surface area contributed by atoms with Gasteiger partial charge in [-0.3, -0.25) is 0 Å². The summed E-state index contributed by atoms with van der Waals surface area (Å²) in [6.45, 7) is 22.8. The highest BCUT2D eigenvalue weighted by molar-refractivity contribution is 5.15. The van der Waals surface area contributed by atoms with Gasteiger partial charge in [-0.15, -0.1) is 0 Å². The molecule has 0 N–H and O–H groups in total. The molecule has 26 heavy (non-hydrogen) atoms. The molecule has 0 radical (unpaired) electrons. The van der Waals surface area contributed by atoms with Crippen LogP contribution in [0, 0.1) is 22.2 Å². The van der Waals surface area contributed by atoms with Crippen molar-refractivity contribution in [2.24, 2.45) is 22.2 Å². The van der Waals surface area contributed by atoms with Crippen molar-refractivity contribution in [3.05, 3.63) is 35.9 Å². The molecular weight excluding hydrogens is 312 g/mol. The van der Waals surface area contributed by atoms with Crippen LogP contribution in [0.4, 0.5) is 0 Å². The van der Waals surface area contributed by atoms with E-state index in [1.54, 1.807) is 0 Å². The van der Waals surface area contributed by atoms with Gasteiger partial charge in [0.15, 0.2) is 0 Å². The zero-order valence-electron chi connectivity index (χ0n) is 19.7. The van der Waals surface area contributed by atoms with Crippen LogP contribution in [-0.2, 0) is 6.42 Å². The smallest absolute Gasteiger partial charge is 0.0230 e. The summed E-state index contributed by atoms with van der Waals surface area (Å²) in [6, 6.07) is 10.6. The van der Waals surface area contributed by atoms with E-state index in [1.807, 2.05) is 0 Å². The van der Waals surface area contributed by atoms with Crippen molar-refractivity contribution < 1.29 is 0 Å². The first-order valence-electron chi connectivity index (χ1n) is 10.8. The first-order chi connectivity index (χ1) is 11.7. The molecule has 0 unspecified atom stereocenters. The Morgan fingerprint density at radius 3 is 1.46 bits per heavy atom. The Kier molecular flexibility index (Phi) is 10.8. The number of benzene rings is 1. The van der Waals surface area contributed by atoms with Crippen molar-refractivity contribution in [3.63, 3.8) is 0 Å². The van der Waals surface area contributed by atoms with E-state index < -0.39 is 0 Å². The zero-order chi connectivity index (χ0) is 20.4. The highest BCUT2D eigenvalue weighted by Crippen LogP contribution is 2.39. The highest BCUT2D eigenvalue weighted by Gasteiger charge is 2.26. The van der Waals surface area contributed by atoms with Crippen molar-refractivity contribution in [2.45, 2.75) is 108 Å². The van der Waals surface area contributed by atoms with E-state index in [-0.39, 0.29) is 0 Å². The van der Waals surface area contributed by atoms with Gasteiger partial charge in [-0.25, -0.2) is 0 Å². The summed E-state index contributed by atoms with van der Waals surface area (Å²) in [5.74, 6) is 1.09. The van der Waals surface area contributed by atoms with E-state index >= 15 is 0 Å². The molecule has 0 amide bonds. The first-order valence-corrected chi connectivity index (χ1v) is 10.8. The fourth-order valence-electron chi connectivity index (χ4n) is 3.15. The zero-order valence-corrected chi connectivity index (χ0v) is 19.7. The lowest BCUT2D eigenvalue weighted by molar-refractivity contribution is 0.354. The molecule has 0 aliphatic heterocycles. The maximum atomic E-state index is 2.32. The summed E-state index contributed by atoms with van der Waals surface area (Å²) < 4.78 is 0. The van der Waals surface area contributed by atoms with Crippen LogP contribution in [0.25, 0.3) is 0 Å². The summed E-state index contributed by atoms with van der Waals surface area (Å²) in [4.78, 5) is 0. The molecule has 0 saturated heterocycles. The normalized spacial score (nSPS) is 14.7. The maximum Gasteiger partial charge on any atom is -0.0230 e. The Morgan fingerprint density at radius 2 is 1.23 bits per heavy atom. The van der Waals surface area contributed by atoms with E-state index in [2.05, 4.69) is 99.6 Å². The second-order valence-corrected chi connectivity index (χ2v) is 11.7. The third kappa shape index (κ3) is 19.5. The quantitative estimate of drug-likeness (QED) is 0.504. The van der Waals surface area contributed by atoms with E-state index in [0.717, 1.165) is 12.3 Å². The van der Waals surface area contributed by atoms with Crippen molar-refractivity contribution in [1.29, 1.82) is 0 Å². The molecule has 1 aliphatic rings. The second kappa shape index (κ2) is 11.2. The SMILES string of the molecule is CC(C)(C)CC1CC1.CC(C)(C)Cc1ccccc1.CCCC(C)(C)C. The van der Waals surface area contributed by atoms with Crippen LogP contribution in [0.3, 0.4) is 0 Å². The summed E-state index contributed by atoms with van der Waals surface area (Å²) in [5.41, 5.74) is 2.97. The van der Waals surface area contributed by atoms with E-state index in [0.29, 0.717) is 16.2 Å². The first kappa shape index (κ1) is 25.2. The van der Waals surface area contributed by atoms with Crippen LogP contribution in [0.5, 0.6) is 0 Å². The summed E-state index contributed by atoms with van der Waals surface area (Å²) in [7, 11) is 0. The fraction of sp³-hybridized carbons (Fsp3) is 0.769. The molecule has 1 saturated carbocycles. The van der Waals surface area contributed by atoms with Crippen molar-refractivity contribution in [2.75, 3.05) is 0 Å². The Balaban J connectivity index is 0.000000373. The summed E-state index contributed by atoms with van der Waals surface area (Å²) in [5, 5.41) is 0. The third-order valence-corrected chi connectivity index (χ3v) is 4.18. The minimum absolute atomic E-state index is 0.404. The highest BCUT2D eigenvalue weighted by atomic mass is 14.3. The molecule has 1 aromatic rings. The Hall–Kier alpha value is -0.780. The molecule has 1 aromatic carbocycles. The topological polar surface area (TPSA) is 0 Å². The minimum atomic E-state index is 0.404. The van der Waals surface area contributed by atoms with Crippen LogP contribution >= 0.6 is 0 Å². The fourth-order valence-corrected chi connectivity index (χ4v) is 3.15. The van der Waals surface area contributed by atoms with Gasteiger partial charge in [-0.2, -0.15) is 0 Å². The van der Waals surface area contributed by atoms with Gasteiger partial charge in [0.25, 0.3) is 0 Å². The van der Waals surface area contributed by atoms with Gasteiger partial charge in [0.2, 0.25) is 0 Å².